The third-order valence-electron chi connectivity index (χ3n) is 2.83. The second kappa shape index (κ2) is 5.11. The minimum atomic E-state index is 0.490. The van der Waals surface area contributed by atoms with Gasteiger partial charge in [0.15, 0.2) is 0 Å². The molecule has 2 nitrogen and oxygen atoms in total. The topological polar surface area (TPSA) is 25.8 Å². The zero-order valence-electron chi connectivity index (χ0n) is 10.3. The first-order valence-corrected chi connectivity index (χ1v) is 7.12. The summed E-state index contributed by atoms with van der Waals surface area (Å²) in [4.78, 5) is 8.64. The van der Waals surface area contributed by atoms with Gasteiger partial charge in [-0.05, 0) is 19.1 Å². The molecule has 0 bridgehead atoms. The van der Waals surface area contributed by atoms with Crippen LogP contribution >= 0.6 is 22.9 Å². The third kappa shape index (κ3) is 2.67. The quantitative estimate of drug-likeness (QED) is 0.630. The Morgan fingerprint density at radius 1 is 1.05 bits per heavy atom. The molecule has 0 aliphatic heterocycles. The maximum atomic E-state index is 5.90. The maximum Gasteiger partial charge on any atom is 0.129 e. The van der Waals surface area contributed by atoms with E-state index in [9.17, 15) is 0 Å². The summed E-state index contributed by atoms with van der Waals surface area (Å²) in [6.45, 7) is 2.08. The molecule has 0 saturated carbocycles. The van der Waals surface area contributed by atoms with E-state index in [4.69, 9.17) is 11.6 Å². The Hall–Kier alpha value is -1.71. The zero-order valence-corrected chi connectivity index (χ0v) is 11.9. The van der Waals surface area contributed by atoms with Gasteiger partial charge in [-0.25, -0.2) is 9.97 Å². The maximum absolute atomic E-state index is 5.90. The number of thiazole rings is 1. The summed E-state index contributed by atoms with van der Waals surface area (Å²) in [6, 6.07) is 12.1. The monoisotopic (exact) mass is 286 g/mol. The van der Waals surface area contributed by atoms with Gasteiger partial charge < -0.3 is 0 Å². The Morgan fingerprint density at radius 2 is 1.84 bits per heavy atom. The Kier molecular flexibility index (Phi) is 3.32. The van der Waals surface area contributed by atoms with Crippen molar-refractivity contribution in [2.24, 2.45) is 0 Å². The first-order valence-electron chi connectivity index (χ1n) is 5.87. The van der Waals surface area contributed by atoms with Crippen molar-refractivity contribution in [1.82, 2.24) is 9.97 Å². The van der Waals surface area contributed by atoms with E-state index < -0.39 is 0 Å². The molecule has 0 aliphatic rings. The number of aromatic nitrogens is 2. The molecule has 1 aromatic carbocycles. The van der Waals surface area contributed by atoms with Gasteiger partial charge in [0, 0.05) is 22.7 Å². The van der Waals surface area contributed by atoms with E-state index in [0.717, 1.165) is 21.8 Å². The Bertz CT molecular complexity index is 704. The molecule has 0 amide bonds. The van der Waals surface area contributed by atoms with Crippen LogP contribution in [0.3, 0.4) is 0 Å². The van der Waals surface area contributed by atoms with E-state index in [2.05, 4.69) is 46.5 Å². The smallest absolute Gasteiger partial charge is 0.129 e. The number of halogens is 1. The number of aryl methyl sites for hydroxylation is 1. The van der Waals surface area contributed by atoms with Crippen molar-refractivity contribution in [3.8, 4) is 21.8 Å². The van der Waals surface area contributed by atoms with E-state index in [0.29, 0.717) is 5.15 Å². The van der Waals surface area contributed by atoms with Crippen LogP contribution in [0.5, 0.6) is 0 Å². The van der Waals surface area contributed by atoms with Gasteiger partial charge in [0.1, 0.15) is 10.2 Å². The number of hydrogen-bond donors (Lipinski definition) is 0. The summed E-state index contributed by atoms with van der Waals surface area (Å²) in [5.74, 6) is 0. The molecule has 0 saturated heterocycles. The van der Waals surface area contributed by atoms with Crippen LogP contribution in [0.2, 0.25) is 5.15 Å². The van der Waals surface area contributed by atoms with Gasteiger partial charge in [0.25, 0.3) is 0 Å². The van der Waals surface area contributed by atoms with Crippen LogP contribution in [0.4, 0.5) is 0 Å². The lowest BCUT2D eigenvalue weighted by Gasteiger charge is -1.98. The molecule has 0 aliphatic carbocycles. The first kappa shape index (κ1) is 12.3. The van der Waals surface area contributed by atoms with Gasteiger partial charge in [0.05, 0.1) is 5.69 Å². The normalized spacial score (nSPS) is 10.6. The van der Waals surface area contributed by atoms with E-state index >= 15 is 0 Å². The fourth-order valence-electron chi connectivity index (χ4n) is 1.80. The van der Waals surface area contributed by atoms with Crippen LogP contribution < -0.4 is 0 Å². The molecule has 2 heterocycles. The van der Waals surface area contributed by atoms with E-state index in [1.165, 1.54) is 5.56 Å². The highest BCUT2D eigenvalue weighted by Gasteiger charge is 2.07. The molecule has 0 spiro atoms. The Labute approximate surface area is 120 Å². The average molecular weight is 287 g/mol. The molecule has 94 valence electrons. The minimum Gasteiger partial charge on any atom is -0.245 e. The second-order valence-electron chi connectivity index (χ2n) is 4.27. The van der Waals surface area contributed by atoms with Crippen molar-refractivity contribution < 1.29 is 0 Å². The summed E-state index contributed by atoms with van der Waals surface area (Å²) < 4.78 is 0. The molecule has 3 aromatic rings. The summed E-state index contributed by atoms with van der Waals surface area (Å²) >= 11 is 7.51. The average Bonchev–Trinajstić information content (AvgIpc) is 2.89. The fraction of sp³-hybridized carbons (Fsp3) is 0.0667. The first-order chi connectivity index (χ1) is 9.22. The van der Waals surface area contributed by atoms with Gasteiger partial charge in [-0.1, -0.05) is 41.4 Å². The van der Waals surface area contributed by atoms with Crippen LogP contribution in [0.1, 0.15) is 5.56 Å². The number of benzene rings is 1. The van der Waals surface area contributed by atoms with E-state index in [-0.39, 0.29) is 0 Å². The summed E-state index contributed by atoms with van der Waals surface area (Å²) in [5.41, 5.74) is 4.38. The highest BCUT2D eigenvalue weighted by molar-refractivity contribution is 7.13. The summed E-state index contributed by atoms with van der Waals surface area (Å²) in [6.07, 6.45) is 1.70. The fourth-order valence-corrected chi connectivity index (χ4v) is 2.80. The minimum absolute atomic E-state index is 0.490. The molecule has 2 aromatic heterocycles. The molecular weight excluding hydrogens is 276 g/mol. The SMILES string of the molecule is Cc1ccc(-c2csc(-c3ccnc(Cl)c3)n2)cc1. The van der Waals surface area contributed by atoms with Crippen molar-refractivity contribution in [3.63, 3.8) is 0 Å². The molecule has 4 heteroatoms. The number of hydrogen-bond acceptors (Lipinski definition) is 3. The molecule has 0 atom stereocenters. The lowest BCUT2D eigenvalue weighted by atomic mass is 10.1. The molecular formula is C15H11ClN2S. The van der Waals surface area contributed by atoms with Crippen LogP contribution in [-0.2, 0) is 0 Å². The van der Waals surface area contributed by atoms with Crippen molar-refractivity contribution >= 4 is 22.9 Å². The molecule has 0 radical (unpaired) electrons. The molecule has 0 N–H and O–H groups in total. The zero-order chi connectivity index (χ0) is 13.2. The van der Waals surface area contributed by atoms with E-state index in [1.807, 2.05) is 12.1 Å². The van der Waals surface area contributed by atoms with Gasteiger partial charge in [0.2, 0.25) is 0 Å². The van der Waals surface area contributed by atoms with Gasteiger partial charge >= 0.3 is 0 Å². The van der Waals surface area contributed by atoms with Crippen LogP contribution in [0, 0.1) is 6.92 Å². The molecule has 3 rings (SSSR count). The molecule has 0 unspecified atom stereocenters. The molecule has 19 heavy (non-hydrogen) atoms. The largest absolute Gasteiger partial charge is 0.245 e. The van der Waals surface area contributed by atoms with Crippen molar-refractivity contribution in [2.45, 2.75) is 6.92 Å². The summed E-state index contributed by atoms with van der Waals surface area (Å²) in [5, 5.41) is 3.51. The van der Waals surface area contributed by atoms with Gasteiger partial charge in [-0.15, -0.1) is 11.3 Å². The lowest BCUT2D eigenvalue weighted by molar-refractivity contribution is 1.32. The number of pyridine rings is 1. The van der Waals surface area contributed by atoms with Gasteiger partial charge in [-0.3, -0.25) is 0 Å². The van der Waals surface area contributed by atoms with Crippen molar-refractivity contribution in [1.29, 1.82) is 0 Å². The predicted octanol–water partition coefficient (Wildman–Crippen LogP) is 4.83. The predicted molar refractivity (Wildman–Crippen MR) is 80.5 cm³/mol. The van der Waals surface area contributed by atoms with Crippen molar-refractivity contribution in [2.75, 3.05) is 0 Å². The Balaban J connectivity index is 1.97. The number of rotatable bonds is 2. The Morgan fingerprint density at radius 3 is 2.58 bits per heavy atom. The van der Waals surface area contributed by atoms with Crippen molar-refractivity contribution in [3.05, 3.63) is 58.7 Å². The van der Waals surface area contributed by atoms with Crippen LogP contribution in [0.15, 0.2) is 48.0 Å². The second-order valence-corrected chi connectivity index (χ2v) is 5.52. The third-order valence-corrected chi connectivity index (χ3v) is 3.92. The standard InChI is InChI=1S/C15H11ClN2S/c1-10-2-4-11(5-3-10)13-9-19-15(18-13)12-6-7-17-14(16)8-12/h2-9H,1H3. The molecule has 0 fully saturated rings. The number of nitrogens with zero attached hydrogens (tertiary/aromatic N) is 2. The highest BCUT2D eigenvalue weighted by atomic mass is 35.5. The summed E-state index contributed by atoms with van der Waals surface area (Å²) in [7, 11) is 0. The lowest BCUT2D eigenvalue weighted by Crippen LogP contribution is -1.81. The highest BCUT2D eigenvalue weighted by Crippen LogP contribution is 2.29. The van der Waals surface area contributed by atoms with Crippen LogP contribution in [-0.4, -0.2) is 9.97 Å². The van der Waals surface area contributed by atoms with Gasteiger partial charge in [-0.2, -0.15) is 0 Å². The van der Waals surface area contributed by atoms with Crippen LogP contribution in [0.25, 0.3) is 21.8 Å². The van der Waals surface area contributed by atoms with E-state index in [1.54, 1.807) is 17.5 Å².